The molecule has 2 aliphatic rings. The van der Waals surface area contributed by atoms with E-state index in [0.29, 0.717) is 18.3 Å². The van der Waals surface area contributed by atoms with Crippen molar-refractivity contribution in [2.24, 2.45) is 11.8 Å². The predicted molar refractivity (Wildman–Crippen MR) is 93.5 cm³/mol. The fourth-order valence-corrected chi connectivity index (χ4v) is 6.61. The first-order valence-electron chi connectivity index (χ1n) is 8.84. The van der Waals surface area contributed by atoms with E-state index < -0.39 is 29.6 Å². The highest BCUT2D eigenvalue weighted by Crippen LogP contribution is 2.66. The van der Waals surface area contributed by atoms with Gasteiger partial charge in [0.2, 0.25) is 0 Å². The van der Waals surface area contributed by atoms with Gasteiger partial charge in [-0.05, 0) is 37.5 Å². The third kappa shape index (κ3) is 7.96. The standard InChI is InChI=1S/C13H27O11P3/c1-2-3-4-10-5-7-12(10)13-8-6-11(22-13)9-21-26(17,18)24-27(19,20)23-25(14,15)16/h10-13H,2-9H2,1H3,(H,17,18)(H,19,20)(H2,14,15,16)/t10-,11+,12?,13-/m1/s1. The van der Waals surface area contributed by atoms with Gasteiger partial charge in [-0.2, -0.15) is 8.62 Å². The van der Waals surface area contributed by atoms with Crippen LogP contribution >= 0.6 is 23.5 Å². The van der Waals surface area contributed by atoms with Crippen molar-refractivity contribution in [2.45, 2.75) is 64.1 Å². The summed E-state index contributed by atoms with van der Waals surface area (Å²) < 4.78 is 51.4. The summed E-state index contributed by atoms with van der Waals surface area (Å²) in [5.74, 6) is 1.13. The van der Waals surface area contributed by atoms with Gasteiger partial charge in [0, 0.05) is 0 Å². The summed E-state index contributed by atoms with van der Waals surface area (Å²) in [5, 5.41) is 0. The molecule has 6 atom stereocenters. The third-order valence-corrected chi connectivity index (χ3v) is 8.66. The number of hydrogen-bond acceptors (Lipinski definition) is 7. The van der Waals surface area contributed by atoms with Crippen LogP contribution in [0.2, 0.25) is 0 Å². The number of ether oxygens (including phenoxy) is 1. The minimum absolute atomic E-state index is 0.0649. The summed E-state index contributed by atoms with van der Waals surface area (Å²) in [7, 11) is -16.0. The number of unbranched alkanes of at least 4 members (excludes halogenated alkanes) is 1. The van der Waals surface area contributed by atoms with Crippen molar-refractivity contribution in [1.82, 2.24) is 0 Å². The number of hydrogen-bond donors (Lipinski definition) is 4. The molecule has 14 heteroatoms. The van der Waals surface area contributed by atoms with Gasteiger partial charge in [-0.15, -0.1) is 0 Å². The van der Waals surface area contributed by atoms with E-state index in [-0.39, 0.29) is 12.7 Å². The molecule has 1 aliphatic carbocycles. The van der Waals surface area contributed by atoms with E-state index in [1.54, 1.807) is 0 Å². The van der Waals surface area contributed by atoms with Gasteiger partial charge in [0.15, 0.2) is 0 Å². The molecule has 0 aromatic rings. The molecule has 0 aromatic heterocycles. The third-order valence-electron chi connectivity index (χ3n) is 4.86. The molecule has 0 radical (unpaired) electrons. The van der Waals surface area contributed by atoms with Crippen molar-refractivity contribution in [3.63, 3.8) is 0 Å². The van der Waals surface area contributed by atoms with Crippen LogP contribution in [-0.2, 0) is 31.6 Å². The Balaban J connectivity index is 1.77. The highest BCUT2D eigenvalue weighted by atomic mass is 31.3. The fourth-order valence-electron chi connectivity index (χ4n) is 3.56. The van der Waals surface area contributed by atoms with Crippen LogP contribution < -0.4 is 0 Å². The smallest absolute Gasteiger partial charge is 0.372 e. The average molecular weight is 452 g/mol. The van der Waals surface area contributed by atoms with Crippen LogP contribution in [0.15, 0.2) is 0 Å². The topological polar surface area (TPSA) is 169 Å². The van der Waals surface area contributed by atoms with E-state index in [1.165, 1.54) is 19.3 Å². The average Bonchev–Trinajstić information content (AvgIpc) is 2.89. The second kappa shape index (κ2) is 9.45. The molecule has 0 aromatic carbocycles. The first-order chi connectivity index (χ1) is 12.4. The van der Waals surface area contributed by atoms with Crippen molar-refractivity contribution < 1.29 is 51.2 Å². The van der Waals surface area contributed by atoms with Crippen molar-refractivity contribution in [3.05, 3.63) is 0 Å². The van der Waals surface area contributed by atoms with Crippen molar-refractivity contribution in [1.29, 1.82) is 0 Å². The molecule has 0 amide bonds. The fraction of sp³-hybridized carbons (Fsp3) is 1.00. The first kappa shape index (κ1) is 23.6. The molecule has 27 heavy (non-hydrogen) atoms. The summed E-state index contributed by atoms with van der Waals surface area (Å²) in [4.78, 5) is 35.5. The molecule has 1 saturated carbocycles. The number of phosphoric acid groups is 3. The van der Waals surface area contributed by atoms with Crippen LogP contribution in [0.3, 0.4) is 0 Å². The Morgan fingerprint density at radius 3 is 2.22 bits per heavy atom. The van der Waals surface area contributed by atoms with E-state index in [0.717, 1.165) is 19.3 Å². The van der Waals surface area contributed by atoms with Gasteiger partial charge in [-0.1, -0.05) is 26.2 Å². The van der Waals surface area contributed by atoms with E-state index in [9.17, 15) is 18.6 Å². The normalized spacial score (nSPS) is 33.2. The molecule has 2 fully saturated rings. The summed E-state index contributed by atoms with van der Waals surface area (Å²) in [5.41, 5.74) is 0. The molecule has 0 spiro atoms. The van der Waals surface area contributed by atoms with E-state index >= 15 is 0 Å². The number of phosphoric ester groups is 1. The quantitative estimate of drug-likeness (QED) is 0.340. The molecular formula is C13H27O11P3. The van der Waals surface area contributed by atoms with Crippen LogP contribution in [0.25, 0.3) is 0 Å². The molecule has 1 aliphatic heterocycles. The highest BCUT2D eigenvalue weighted by molar-refractivity contribution is 7.66. The molecule has 3 unspecified atom stereocenters. The zero-order valence-corrected chi connectivity index (χ0v) is 17.6. The lowest BCUT2D eigenvalue weighted by atomic mass is 9.68. The maximum absolute atomic E-state index is 11.7. The Morgan fingerprint density at radius 1 is 0.963 bits per heavy atom. The molecule has 4 N–H and O–H groups in total. The van der Waals surface area contributed by atoms with Gasteiger partial charge in [0.1, 0.15) is 0 Å². The molecule has 0 bridgehead atoms. The summed E-state index contributed by atoms with van der Waals surface area (Å²) in [6.45, 7) is 1.80. The van der Waals surface area contributed by atoms with Crippen LogP contribution in [-0.4, -0.2) is 38.4 Å². The lowest BCUT2D eigenvalue weighted by Crippen LogP contribution is -2.36. The van der Waals surface area contributed by atoms with E-state index in [2.05, 4.69) is 20.1 Å². The second-order valence-corrected chi connectivity index (χ2v) is 11.3. The van der Waals surface area contributed by atoms with Gasteiger partial charge in [-0.3, -0.25) is 4.52 Å². The minimum Gasteiger partial charge on any atom is -0.372 e. The molecule has 160 valence electrons. The monoisotopic (exact) mass is 452 g/mol. The van der Waals surface area contributed by atoms with Crippen LogP contribution in [0.1, 0.15) is 51.9 Å². The zero-order valence-electron chi connectivity index (χ0n) is 15.0. The molecule has 11 nitrogen and oxygen atoms in total. The van der Waals surface area contributed by atoms with Gasteiger partial charge in [-0.25, -0.2) is 13.7 Å². The Hall–Kier alpha value is 0.370. The van der Waals surface area contributed by atoms with Crippen LogP contribution in [0, 0.1) is 11.8 Å². The van der Waals surface area contributed by atoms with E-state index in [1.807, 2.05) is 0 Å². The van der Waals surface area contributed by atoms with Crippen LogP contribution in [0.4, 0.5) is 0 Å². The van der Waals surface area contributed by atoms with Gasteiger partial charge in [0.25, 0.3) is 0 Å². The Labute approximate surface area is 157 Å². The zero-order chi connectivity index (χ0) is 20.3. The molecule has 1 saturated heterocycles. The second-order valence-electron chi connectivity index (χ2n) is 6.90. The summed E-state index contributed by atoms with van der Waals surface area (Å²) in [6.07, 6.45) is 6.81. The summed E-state index contributed by atoms with van der Waals surface area (Å²) in [6, 6.07) is 0. The lowest BCUT2D eigenvalue weighted by molar-refractivity contribution is -0.0553. The molecular weight excluding hydrogens is 425 g/mol. The van der Waals surface area contributed by atoms with Crippen molar-refractivity contribution in [3.8, 4) is 0 Å². The van der Waals surface area contributed by atoms with Crippen LogP contribution in [0.5, 0.6) is 0 Å². The minimum atomic E-state index is -5.48. The van der Waals surface area contributed by atoms with Crippen molar-refractivity contribution >= 4 is 23.5 Å². The van der Waals surface area contributed by atoms with Gasteiger partial charge >= 0.3 is 23.5 Å². The van der Waals surface area contributed by atoms with Gasteiger partial charge < -0.3 is 24.3 Å². The number of rotatable bonds is 11. The predicted octanol–water partition coefficient (Wildman–Crippen LogP) is 3.09. The van der Waals surface area contributed by atoms with E-state index in [4.69, 9.17) is 19.4 Å². The SMILES string of the molecule is CCCC[C@@H]1CCC1[C@H]1CC[C@@H](COP(=O)(O)OP(=O)(O)OP(=O)(O)O)O1. The lowest BCUT2D eigenvalue weighted by Gasteiger charge is -2.40. The highest BCUT2D eigenvalue weighted by Gasteiger charge is 2.43. The van der Waals surface area contributed by atoms with Crippen molar-refractivity contribution in [2.75, 3.05) is 6.61 Å². The molecule has 1 heterocycles. The molecule has 2 rings (SSSR count). The first-order valence-corrected chi connectivity index (χ1v) is 13.4. The Bertz CT molecular complexity index is 635. The largest absolute Gasteiger partial charge is 0.490 e. The Morgan fingerprint density at radius 2 is 1.67 bits per heavy atom. The summed E-state index contributed by atoms with van der Waals surface area (Å²) >= 11 is 0. The maximum atomic E-state index is 11.7. The maximum Gasteiger partial charge on any atom is 0.490 e. The Kier molecular flexibility index (Phi) is 8.28. The van der Waals surface area contributed by atoms with Gasteiger partial charge in [0.05, 0.1) is 18.8 Å².